The number of fused-ring (bicyclic) bond motifs is 5. The highest BCUT2D eigenvalue weighted by Crippen LogP contribution is 2.71. The zero-order valence-corrected chi connectivity index (χ0v) is 21.3. The second kappa shape index (κ2) is 8.31. The number of aliphatic hydroxyl groups excluding tert-OH is 1. The molecule has 6 nitrogen and oxygen atoms in total. The van der Waals surface area contributed by atoms with E-state index in [2.05, 4.69) is 0 Å². The van der Waals surface area contributed by atoms with Gasteiger partial charge in [0, 0.05) is 22.7 Å². The van der Waals surface area contributed by atoms with Crippen molar-refractivity contribution in [3.63, 3.8) is 0 Å². The molecule has 0 aromatic carbocycles. The van der Waals surface area contributed by atoms with E-state index in [1.165, 1.54) is 12.2 Å². The number of rotatable bonds is 4. The summed E-state index contributed by atoms with van der Waals surface area (Å²) < 4.78 is 28.4. The van der Waals surface area contributed by atoms with E-state index in [1.807, 2.05) is 0 Å². The Kier molecular flexibility index (Phi) is 6.27. The zero-order chi connectivity index (χ0) is 25.3. The molecule has 0 heterocycles. The van der Waals surface area contributed by atoms with Crippen LogP contribution >= 0.6 is 23.2 Å². The molecular formula is C25H31Cl2FO6. The zero-order valence-electron chi connectivity index (χ0n) is 19.8. The quantitative estimate of drug-likeness (QED) is 0.443. The van der Waals surface area contributed by atoms with Gasteiger partial charge in [-0.1, -0.05) is 48.7 Å². The second-order valence-electron chi connectivity index (χ2n) is 10.6. The fraction of sp³-hybridized carbons (Fsp3) is 0.720. The summed E-state index contributed by atoms with van der Waals surface area (Å²) in [5.41, 5.74) is -5.44. The number of halogens is 3. The van der Waals surface area contributed by atoms with Crippen LogP contribution in [0.15, 0.2) is 23.8 Å². The molecule has 4 aliphatic carbocycles. The monoisotopic (exact) mass is 516 g/mol. The molecule has 4 aliphatic rings. The molecule has 0 bridgehead atoms. The maximum atomic E-state index is 17.3. The molecule has 188 valence electrons. The Morgan fingerprint density at radius 2 is 1.97 bits per heavy atom. The van der Waals surface area contributed by atoms with Gasteiger partial charge in [-0.2, -0.15) is 0 Å². The third kappa shape index (κ3) is 3.12. The molecular weight excluding hydrogens is 486 g/mol. The predicted molar refractivity (Wildman–Crippen MR) is 124 cm³/mol. The van der Waals surface area contributed by atoms with Crippen molar-refractivity contribution in [3.8, 4) is 0 Å². The highest BCUT2D eigenvalue weighted by molar-refractivity contribution is 6.53. The average molecular weight is 517 g/mol. The standard InChI is InChI=1S/C25H31Cl2FO6/c1-5-33-21(32)25(34-20(31)19(26)27)13(2)10-17-16-7-6-14-11-15(29)8-9-22(14,3)24(16,28)18(30)12-23(17,25)4/h8-9,11,13,16-19,30H,5-7,10,12H2,1-4H3/t13-,16-,17-,18-,22-,23-,24-,25+/m0/s1. The maximum absolute atomic E-state index is 17.3. The molecule has 0 radical (unpaired) electrons. The fourth-order valence-corrected chi connectivity index (χ4v) is 7.76. The molecule has 4 rings (SSSR count). The van der Waals surface area contributed by atoms with Crippen LogP contribution in [-0.2, 0) is 23.9 Å². The molecule has 0 spiro atoms. The Hall–Kier alpha value is -1.44. The lowest BCUT2D eigenvalue weighted by molar-refractivity contribution is -0.236. The molecule has 0 saturated heterocycles. The summed E-state index contributed by atoms with van der Waals surface area (Å²) >= 11 is 11.5. The number of alkyl halides is 3. The van der Waals surface area contributed by atoms with Crippen LogP contribution in [0.5, 0.6) is 0 Å². The number of carbonyl (C=O) groups is 3. The molecule has 34 heavy (non-hydrogen) atoms. The highest BCUT2D eigenvalue weighted by Gasteiger charge is 2.78. The first-order chi connectivity index (χ1) is 15.8. The summed E-state index contributed by atoms with van der Waals surface area (Å²) in [7, 11) is 0. The van der Waals surface area contributed by atoms with Gasteiger partial charge in [0.1, 0.15) is 0 Å². The van der Waals surface area contributed by atoms with E-state index in [0.29, 0.717) is 24.8 Å². The third-order valence-corrected chi connectivity index (χ3v) is 9.56. The van der Waals surface area contributed by atoms with Crippen LogP contribution in [0.3, 0.4) is 0 Å². The number of allylic oxidation sites excluding steroid dienone is 4. The summed E-state index contributed by atoms with van der Waals surface area (Å²) in [4.78, 5) is 36.5. The number of hydrogen-bond donors (Lipinski definition) is 1. The number of esters is 2. The van der Waals surface area contributed by atoms with Gasteiger partial charge in [-0.05, 0) is 57.6 Å². The van der Waals surface area contributed by atoms with Crippen molar-refractivity contribution < 1.29 is 33.4 Å². The van der Waals surface area contributed by atoms with Gasteiger partial charge in [-0.25, -0.2) is 14.0 Å². The Morgan fingerprint density at radius 3 is 2.59 bits per heavy atom. The molecule has 3 saturated carbocycles. The topological polar surface area (TPSA) is 89.9 Å². The minimum atomic E-state index is -2.06. The minimum absolute atomic E-state index is 0.0564. The van der Waals surface area contributed by atoms with Gasteiger partial charge in [-0.3, -0.25) is 4.79 Å². The predicted octanol–water partition coefficient (Wildman–Crippen LogP) is 4.25. The lowest BCUT2D eigenvalue weighted by Gasteiger charge is -2.62. The normalized spacial score (nSPS) is 45.2. The van der Waals surface area contributed by atoms with Crippen molar-refractivity contribution in [2.45, 2.75) is 75.6 Å². The Balaban J connectivity index is 1.84. The first-order valence-electron chi connectivity index (χ1n) is 11.8. The molecule has 1 N–H and O–H groups in total. The Morgan fingerprint density at radius 1 is 1.29 bits per heavy atom. The fourth-order valence-electron chi connectivity index (χ4n) is 7.67. The van der Waals surface area contributed by atoms with E-state index < -0.39 is 62.7 Å². The van der Waals surface area contributed by atoms with E-state index in [-0.39, 0.29) is 18.8 Å². The number of hydrogen-bond acceptors (Lipinski definition) is 6. The average Bonchev–Trinajstić information content (AvgIpc) is 2.97. The lowest BCUT2D eigenvalue weighted by atomic mass is 9.44. The smallest absolute Gasteiger partial charge is 0.351 e. The number of carbonyl (C=O) groups excluding carboxylic acids is 3. The third-order valence-electron chi connectivity index (χ3n) is 9.20. The SMILES string of the molecule is CCOC(=O)[C@]1(OC(=O)C(Cl)Cl)[C@@H](C)C[C@H]2[C@@H]3CCC4=CC(=O)C=C[C@]4(C)[C@@]3(F)[C@@H](O)C[C@@]21C. The van der Waals surface area contributed by atoms with Crippen molar-refractivity contribution in [1.82, 2.24) is 0 Å². The molecule has 8 atom stereocenters. The van der Waals surface area contributed by atoms with Crippen molar-refractivity contribution in [1.29, 1.82) is 0 Å². The second-order valence-corrected chi connectivity index (χ2v) is 11.7. The van der Waals surface area contributed by atoms with Crippen LogP contribution in [0.25, 0.3) is 0 Å². The highest BCUT2D eigenvalue weighted by atomic mass is 35.5. The van der Waals surface area contributed by atoms with Crippen LogP contribution < -0.4 is 0 Å². The van der Waals surface area contributed by atoms with E-state index in [9.17, 15) is 19.5 Å². The van der Waals surface area contributed by atoms with Crippen LogP contribution in [0.4, 0.5) is 4.39 Å². The molecule has 3 fully saturated rings. The molecule has 9 heteroatoms. The molecule has 0 unspecified atom stereocenters. The van der Waals surface area contributed by atoms with Crippen LogP contribution in [-0.4, -0.2) is 51.6 Å². The van der Waals surface area contributed by atoms with Gasteiger partial charge in [0.05, 0.1) is 12.7 Å². The molecule has 0 amide bonds. The van der Waals surface area contributed by atoms with E-state index in [4.69, 9.17) is 32.7 Å². The van der Waals surface area contributed by atoms with Crippen molar-refractivity contribution >= 4 is 40.9 Å². The van der Waals surface area contributed by atoms with Gasteiger partial charge in [0.25, 0.3) is 0 Å². The van der Waals surface area contributed by atoms with Crippen molar-refractivity contribution in [2.75, 3.05) is 6.61 Å². The first-order valence-corrected chi connectivity index (χ1v) is 12.7. The summed E-state index contributed by atoms with van der Waals surface area (Å²) in [6, 6.07) is 0. The largest absolute Gasteiger partial charge is 0.463 e. The summed E-state index contributed by atoms with van der Waals surface area (Å²) in [5.74, 6) is -3.47. The first kappa shape index (κ1) is 25.6. The van der Waals surface area contributed by atoms with Crippen LogP contribution in [0, 0.1) is 28.6 Å². The molecule has 0 aliphatic heterocycles. The summed E-state index contributed by atoms with van der Waals surface area (Å²) in [6.07, 6.45) is 4.06. The van der Waals surface area contributed by atoms with Gasteiger partial charge in [-0.15, -0.1) is 0 Å². The van der Waals surface area contributed by atoms with Gasteiger partial charge < -0.3 is 14.6 Å². The molecule has 0 aromatic rings. The minimum Gasteiger partial charge on any atom is -0.463 e. The Labute approximate surface area is 208 Å². The van der Waals surface area contributed by atoms with E-state index >= 15 is 4.39 Å². The van der Waals surface area contributed by atoms with E-state index in [0.717, 1.165) is 0 Å². The van der Waals surface area contributed by atoms with E-state index in [1.54, 1.807) is 33.8 Å². The van der Waals surface area contributed by atoms with Gasteiger partial charge in [0.15, 0.2) is 11.5 Å². The Bertz CT molecular complexity index is 980. The summed E-state index contributed by atoms with van der Waals surface area (Å²) in [6.45, 7) is 6.96. The van der Waals surface area contributed by atoms with Crippen LogP contribution in [0.1, 0.15) is 53.4 Å². The van der Waals surface area contributed by atoms with Gasteiger partial charge >= 0.3 is 11.9 Å². The molecule has 0 aromatic heterocycles. The number of aliphatic hydroxyl groups is 1. The maximum Gasteiger partial charge on any atom is 0.351 e. The lowest BCUT2D eigenvalue weighted by Crippen LogP contribution is -2.70. The number of ether oxygens (including phenoxy) is 2. The van der Waals surface area contributed by atoms with Crippen LogP contribution in [0.2, 0.25) is 0 Å². The van der Waals surface area contributed by atoms with Crippen molar-refractivity contribution in [2.24, 2.45) is 28.6 Å². The van der Waals surface area contributed by atoms with Crippen molar-refractivity contribution in [3.05, 3.63) is 23.8 Å². The number of ketones is 1. The summed E-state index contributed by atoms with van der Waals surface area (Å²) in [5, 5.41) is 11.5. The van der Waals surface area contributed by atoms with Gasteiger partial charge in [0.2, 0.25) is 10.4 Å².